The lowest BCUT2D eigenvalue weighted by Crippen LogP contribution is -2.10. The molecule has 0 aliphatic carbocycles. The van der Waals surface area contributed by atoms with Crippen molar-refractivity contribution >= 4 is 37.8 Å². The maximum absolute atomic E-state index is 13.7. The van der Waals surface area contributed by atoms with Gasteiger partial charge in [0.15, 0.2) is 6.10 Å². The summed E-state index contributed by atoms with van der Waals surface area (Å²) >= 11 is 0. The fraction of sp³-hybridized carbons (Fsp3) is 0.238. The van der Waals surface area contributed by atoms with Gasteiger partial charge in [-0.3, -0.25) is 0 Å². The van der Waals surface area contributed by atoms with Crippen LogP contribution in [0.3, 0.4) is 0 Å². The first kappa shape index (κ1) is 20.6. The van der Waals surface area contributed by atoms with Gasteiger partial charge in [-0.1, -0.05) is 5.92 Å². The summed E-state index contributed by atoms with van der Waals surface area (Å²) in [6.45, 7) is 3.59. The predicted molar refractivity (Wildman–Crippen MR) is 115 cm³/mol. The van der Waals surface area contributed by atoms with Crippen LogP contribution in [-0.4, -0.2) is 32.8 Å². The summed E-state index contributed by atoms with van der Waals surface area (Å²) < 4.78 is 35.6. The van der Waals surface area contributed by atoms with E-state index in [4.69, 9.17) is 11.2 Å². The summed E-state index contributed by atoms with van der Waals surface area (Å²) in [5.41, 5.74) is 2.61. The van der Waals surface area contributed by atoms with Crippen molar-refractivity contribution in [1.29, 1.82) is 0 Å². The van der Waals surface area contributed by atoms with Crippen LogP contribution in [0.15, 0.2) is 41.0 Å². The van der Waals surface area contributed by atoms with Crippen molar-refractivity contribution in [2.75, 3.05) is 17.8 Å². The Morgan fingerprint density at radius 1 is 1.28 bits per heavy atom. The van der Waals surface area contributed by atoms with Crippen molar-refractivity contribution in [1.82, 2.24) is 9.97 Å². The Bertz CT molecular complexity index is 1240. The van der Waals surface area contributed by atoms with E-state index in [9.17, 15) is 8.60 Å². The van der Waals surface area contributed by atoms with Gasteiger partial charge in [0.05, 0.1) is 16.9 Å². The lowest BCUT2D eigenvalue weighted by Gasteiger charge is -2.16. The largest absolute Gasteiger partial charge is 0.476 e. The van der Waals surface area contributed by atoms with Crippen LogP contribution in [0.4, 0.5) is 21.6 Å². The van der Waals surface area contributed by atoms with Gasteiger partial charge in [-0.15, -0.1) is 6.42 Å². The molecule has 0 aliphatic rings. The normalized spacial score (nSPS) is 12.3. The van der Waals surface area contributed by atoms with Crippen LogP contribution in [0.2, 0.25) is 0 Å². The molecule has 0 fully saturated rings. The van der Waals surface area contributed by atoms with E-state index in [0.29, 0.717) is 22.7 Å². The van der Waals surface area contributed by atoms with Crippen molar-refractivity contribution in [3.63, 3.8) is 0 Å². The van der Waals surface area contributed by atoms with Gasteiger partial charge in [0.25, 0.3) is 0 Å². The molecule has 0 saturated heterocycles. The van der Waals surface area contributed by atoms with Gasteiger partial charge in [0, 0.05) is 33.7 Å². The number of anilines is 2. The molecule has 29 heavy (non-hydrogen) atoms. The molecule has 0 amide bonds. The molecule has 1 unspecified atom stereocenters. The van der Waals surface area contributed by atoms with Crippen LogP contribution < -0.4 is 10.1 Å². The average Bonchev–Trinajstić information content (AvgIpc) is 2.62. The van der Waals surface area contributed by atoms with E-state index < -0.39 is 21.7 Å². The summed E-state index contributed by atoms with van der Waals surface area (Å²) in [7, 11) is -2.30. The summed E-state index contributed by atoms with van der Waals surface area (Å²) in [5.74, 6) is 2.82. The molecule has 0 bridgehead atoms. The maximum Gasteiger partial charge on any atom is 0.156 e. The Kier molecular flexibility index (Phi) is 5.71. The zero-order valence-corrected chi connectivity index (χ0v) is 17.4. The van der Waals surface area contributed by atoms with Gasteiger partial charge in [-0.05, 0) is 43.7 Å². The van der Waals surface area contributed by atoms with Gasteiger partial charge >= 0.3 is 0 Å². The molecule has 0 saturated carbocycles. The van der Waals surface area contributed by atoms with E-state index >= 15 is 0 Å². The zero-order chi connectivity index (χ0) is 21.2. The number of fused-ring (bicyclic) bond motifs is 1. The number of aromatic nitrogens is 2. The first-order valence-corrected chi connectivity index (χ1v) is 11.1. The molecule has 3 aromatic rings. The molecule has 1 heterocycles. The third-order valence-electron chi connectivity index (χ3n) is 3.98. The monoisotopic (exact) mass is 412 g/mol. The molecular weight excluding hydrogens is 391 g/mol. The van der Waals surface area contributed by atoms with Crippen LogP contribution in [-0.2, 0) is 9.73 Å². The van der Waals surface area contributed by atoms with Crippen molar-refractivity contribution in [2.45, 2.75) is 20.0 Å². The molecule has 0 radical (unpaired) electrons. The number of ether oxygens (including phenoxy) is 1. The summed E-state index contributed by atoms with van der Waals surface area (Å²) in [6, 6.07) is 7.73. The smallest absolute Gasteiger partial charge is 0.156 e. The highest BCUT2D eigenvalue weighted by atomic mass is 32.2. The number of hydrogen-bond donors (Lipinski definition) is 1. The Morgan fingerprint density at radius 3 is 2.72 bits per heavy atom. The number of nitrogens with one attached hydrogen (secondary N) is 1. The molecule has 1 N–H and O–H groups in total. The molecular formula is C21H21FN4O2S. The summed E-state index contributed by atoms with van der Waals surface area (Å²) in [5, 5.41) is 3.95. The Balaban J connectivity index is 2.09. The zero-order valence-electron chi connectivity index (χ0n) is 16.6. The summed E-state index contributed by atoms with van der Waals surface area (Å²) in [4.78, 5) is 8.64. The minimum absolute atomic E-state index is 0.281. The van der Waals surface area contributed by atoms with Crippen molar-refractivity contribution < 1.29 is 13.3 Å². The molecule has 1 atom stereocenters. The number of benzene rings is 2. The minimum atomic E-state index is -2.30. The van der Waals surface area contributed by atoms with Crippen LogP contribution in [0.5, 0.6) is 5.75 Å². The Morgan fingerprint density at radius 2 is 2.03 bits per heavy atom. The van der Waals surface area contributed by atoms with Crippen molar-refractivity contribution in [3.8, 4) is 18.1 Å². The Labute approximate surface area is 169 Å². The standard InChI is InChI=1S/C21H21FN4O2S/c1-6-14(3)28-19-10-15(22)7-8-17(19)25-21-20-13(2)9-16(26-29(4,5)27)11-18(20)23-12-24-21/h1,7-12,14H,2-5H3,(H,23,24,25). The first-order valence-electron chi connectivity index (χ1n) is 8.78. The third-order valence-corrected chi connectivity index (χ3v) is 4.63. The lowest BCUT2D eigenvalue weighted by molar-refractivity contribution is 0.279. The molecule has 6 nitrogen and oxygen atoms in total. The maximum atomic E-state index is 13.7. The number of rotatable bonds is 5. The van der Waals surface area contributed by atoms with Gasteiger partial charge in [-0.25, -0.2) is 18.6 Å². The van der Waals surface area contributed by atoms with Crippen molar-refractivity contribution in [2.24, 2.45) is 4.36 Å². The second kappa shape index (κ2) is 8.05. The molecule has 8 heteroatoms. The second-order valence-electron chi connectivity index (χ2n) is 6.84. The predicted octanol–water partition coefficient (Wildman–Crippen LogP) is 4.58. The van der Waals surface area contributed by atoms with Crippen LogP contribution in [0.25, 0.3) is 10.9 Å². The van der Waals surface area contributed by atoms with E-state index in [2.05, 4.69) is 25.6 Å². The first-order chi connectivity index (χ1) is 13.7. The highest BCUT2D eigenvalue weighted by molar-refractivity contribution is 7.92. The van der Waals surface area contributed by atoms with E-state index in [-0.39, 0.29) is 5.75 Å². The van der Waals surface area contributed by atoms with Crippen molar-refractivity contribution in [3.05, 3.63) is 48.0 Å². The molecule has 3 rings (SSSR count). The second-order valence-corrected chi connectivity index (χ2v) is 9.39. The SMILES string of the molecule is C#CC(C)Oc1cc(F)ccc1Nc1ncnc2cc(N=S(C)(C)=O)cc(C)c12. The van der Waals surface area contributed by atoms with E-state index in [0.717, 1.165) is 10.9 Å². The fourth-order valence-corrected chi connectivity index (χ4v) is 3.44. The number of halogens is 1. The minimum Gasteiger partial charge on any atom is -0.476 e. The molecule has 2 aromatic carbocycles. The van der Waals surface area contributed by atoms with E-state index in [1.54, 1.807) is 31.6 Å². The van der Waals surface area contributed by atoms with Crippen LogP contribution in [0.1, 0.15) is 12.5 Å². The third kappa shape index (κ3) is 5.00. The molecule has 150 valence electrons. The number of nitrogens with zero attached hydrogens (tertiary/aromatic N) is 3. The number of aryl methyl sites for hydroxylation is 1. The highest BCUT2D eigenvalue weighted by Crippen LogP contribution is 2.34. The quantitative estimate of drug-likeness (QED) is 0.621. The van der Waals surface area contributed by atoms with Gasteiger partial charge in [0.2, 0.25) is 0 Å². The van der Waals surface area contributed by atoms with Gasteiger partial charge in [0.1, 0.15) is 23.7 Å². The van der Waals surface area contributed by atoms with Crippen LogP contribution in [0, 0.1) is 25.1 Å². The van der Waals surface area contributed by atoms with Gasteiger partial charge < -0.3 is 10.1 Å². The molecule has 0 aliphatic heterocycles. The highest BCUT2D eigenvalue weighted by Gasteiger charge is 2.13. The lowest BCUT2D eigenvalue weighted by atomic mass is 10.1. The van der Waals surface area contributed by atoms with E-state index in [1.807, 2.05) is 13.0 Å². The van der Waals surface area contributed by atoms with Crippen LogP contribution >= 0.6 is 0 Å². The number of terminal acetylenes is 1. The number of hydrogen-bond acceptors (Lipinski definition) is 6. The summed E-state index contributed by atoms with van der Waals surface area (Å²) in [6.07, 6.45) is 9.41. The van der Waals surface area contributed by atoms with Gasteiger partial charge in [-0.2, -0.15) is 4.36 Å². The molecule has 1 aromatic heterocycles. The Hall–Kier alpha value is -3.18. The molecule has 0 spiro atoms. The topological polar surface area (TPSA) is 76.5 Å². The average molecular weight is 412 g/mol. The van der Waals surface area contributed by atoms with E-state index in [1.165, 1.54) is 18.5 Å². The fourth-order valence-electron chi connectivity index (χ4n) is 2.82.